The zero-order valence-corrected chi connectivity index (χ0v) is 14.2. The van der Waals surface area contributed by atoms with Crippen molar-refractivity contribution in [3.63, 3.8) is 0 Å². The average molecular weight is 350 g/mol. The molecule has 0 saturated heterocycles. The molecular formula is C20H19FN4O. The van der Waals surface area contributed by atoms with Crippen LogP contribution in [0.2, 0.25) is 0 Å². The molecule has 3 rings (SSSR count). The zero-order valence-electron chi connectivity index (χ0n) is 14.2. The number of halogens is 1. The number of aromatic nitrogens is 2. The number of amides is 1. The molecule has 0 spiro atoms. The highest BCUT2D eigenvalue weighted by Gasteiger charge is 2.06. The summed E-state index contributed by atoms with van der Waals surface area (Å²) in [5.74, 6) is 0.375. The highest BCUT2D eigenvalue weighted by Crippen LogP contribution is 2.09. The van der Waals surface area contributed by atoms with Crippen LogP contribution in [0.25, 0.3) is 0 Å². The molecule has 0 aliphatic rings. The second-order valence-electron chi connectivity index (χ2n) is 5.82. The molecule has 2 aromatic carbocycles. The Morgan fingerprint density at radius 1 is 0.885 bits per heavy atom. The van der Waals surface area contributed by atoms with Gasteiger partial charge in [-0.2, -0.15) is 0 Å². The van der Waals surface area contributed by atoms with Crippen LogP contribution in [0.15, 0.2) is 66.7 Å². The number of rotatable bonds is 7. The Bertz CT molecular complexity index is 853. The van der Waals surface area contributed by atoms with Gasteiger partial charge in [0.2, 0.25) is 5.91 Å². The summed E-state index contributed by atoms with van der Waals surface area (Å²) in [6, 6.07) is 19.6. The molecule has 0 unspecified atom stereocenters. The first-order chi connectivity index (χ1) is 12.7. The number of carbonyl (C=O) groups excluding carboxylic acids is 1. The van der Waals surface area contributed by atoms with Gasteiger partial charge in [0.1, 0.15) is 11.6 Å². The smallest absolute Gasteiger partial charge is 0.229 e. The van der Waals surface area contributed by atoms with E-state index in [2.05, 4.69) is 33.0 Å². The number of carbonyl (C=O) groups is 1. The van der Waals surface area contributed by atoms with Gasteiger partial charge in [-0.05, 0) is 41.8 Å². The molecule has 2 N–H and O–H groups in total. The van der Waals surface area contributed by atoms with Crippen LogP contribution in [0.1, 0.15) is 11.1 Å². The zero-order chi connectivity index (χ0) is 18.2. The van der Waals surface area contributed by atoms with Crippen LogP contribution in [0.5, 0.6) is 0 Å². The lowest BCUT2D eigenvalue weighted by molar-refractivity contribution is -0.115. The molecule has 0 atom stereocenters. The van der Waals surface area contributed by atoms with E-state index in [4.69, 9.17) is 0 Å². The van der Waals surface area contributed by atoms with Crippen LogP contribution >= 0.6 is 0 Å². The topological polar surface area (TPSA) is 66.9 Å². The van der Waals surface area contributed by atoms with E-state index in [1.165, 1.54) is 17.7 Å². The van der Waals surface area contributed by atoms with Gasteiger partial charge in [-0.1, -0.05) is 42.5 Å². The third-order valence-electron chi connectivity index (χ3n) is 3.75. The van der Waals surface area contributed by atoms with Gasteiger partial charge in [0, 0.05) is 6.54 Å². The van der Waals surface area contributed by atoms with E-state index in [1.807, 2.05) is 18.2 Å². The number of nitrogens with one attached hydrogen (secondary N) is 2. The molecule has 26 heavy (non-hydrogen) atoms. The van der Waals surface area contributed by atoms with Crippen LogP contribution < -0.4 is 10.6 Å². The number of nitrogens with zero attached hydrogens (tertiary/aromatic N) is 2. The van der Waals surface area contributed by atoms with E-state index in [0.717, 1.165) is 13.0 Å². The van der Waals surface area contributed by atoms with E-state index >= 15 is 0 Å². The van der Waals surface area contributed by atoms with Gasteiger partial charge in [-0.25, -0.2) is 4.39 Å². The largest absolute Gasteiger partial charge is 0.368 e. The lowest BCUT2D eigenvalue weighted by Gasteiger charge is -2.07. The maximum Gasteiger partial charge on any atom is 0.229 e. The minimum atomic E-state index is -0.360. The monoisotopic (exact) mass is 350 g/mol. The van der Waals surface area contributed by atoms with Crippen molar-refractivity contribution in [1.82, 2.24) is 10.2 Å². The molecule has 0 fully saturated rings. The van der Waals surface area contributed by atoms with Gasteiger partial charge in [0.05, 0.1) is 6.42 Å². The summed E-state index contributed by atoms with van der Waals surface area (Å²) in [5.41, 5.74) is 1.85. The fraction of sp³-hybridized carbons (Fsp3) is 0.150. The standard InChI is InChI=1S/C20H19FN4O/c21-17-8-4-7-16(13-17)14-20(26)23-19-10-9-18(24-25-19)22-12-11-15-5-2-1-3-6-15/h1-10,13H,11-12,14H2,(H,22,24)(H,23,25,26). The Hall–Kier alpha value is -3.28. The van der Waals surface area contributed by atoms with E-state index in [0.29, 0.717) is 17.2 Å². The maximum absolute atomic E-state index is 13.1. The predicted molar refractivity (Wildman–Crippen MR) is 99.4 cm³/mol. The van der Waals surface area contributed by atoms with Gasteiger partial charge in [0.15, 0.2) is 5.82 Å². The first kappa shape index (κ1) is 17.5. The van der Waals surface area contributed by atoms with Crippen LogP contribution in [-0.2, 0) is 17.6 Å². The normalized spacial score (nSPS) is 10.3. The Kier molecular flexibility index (Phi) is 5.88. The second-order valence-corrected chi connectivity index (χ2v) is 5.82. The molecule has 6 heteroatoms. The maximum atomic E-state index is 13.1. The lowest BCUT2D eigenvalue weighted by Crippen LogP contribution is -2.16. The summed E-state index contributed by atoms with van der Waals surface area (Å²) in [4.78, 5) is 12.0. The first-order valence-electron chi connectivity index (χ1n) is 8.35. The highest BCUT2D eigenvalue weighted by molar-refractivity contribution is 5.91. The minimum absolute atomic E-state index is 0.0799. The molecule has 1 heterocycles. The van der Waals surface area contributed by atoms with E-state index < -0.39 is 0 Å². The van der Waals surface area contributed by atoms with Crippen molar-refractivity contribution < 1.29 is 9.18 Å². The lowest BCUT2D eigenvalue weighted by atomic mass is 10.1. The first-order valence-corrected chi connectivity index (χ1v) is 8.35. The highest BCUT2D eigenvalue weighted by atomic mass is 19.1. The summed E-state index contributed by atoms with van der Waals surface area (Å²) < 4.78 is 13.1. The van der Waals surface area contributed by atoms with Crippen molar-refractivity contribution in [3.8, 4) is 0 Å². The molecule has 0 radical (unpaired) electrons. The molecular weight excluding hydrogens is 331 g/mol. The molecule has 0 bridgehead atoms. The molecule has 1 aromatic heterocycles. The van der Waals surface area contributed by atoms with Crippen molar-refractivity contribution in [2.45, 2.75) is 12.8 Å². The quantitative estimate of drug-likeness (QED) is 0.685. The van der Waals surface area contributed by atoms with Crippen LogP contribution in [0.4, 0.5) is 16.0 Å². The molecule has 1 amide bonds. The van der Waals surface area contributed by atoms with Gasteiger partial charge in [0.25, 0.3) is 0 Å². The van der Waals surface area contributed by atoms with Crippen molar-refractivity contribution in [2.75, 3.05) is 17.2 Å². The van der Waals surface area contributed by atoms with Gasteiger partial charge in [-0.15, -0.1) is 10.2 Å². The molecule has 0 aliphatic heterocycles. The summed E-state index contributed by atoms with van der Waals surface area (Å²) in [7, 11) is 0. The van der Waals surface area contributed by atoms with Crippen LogP contribution in [-0.4, -0.2) is 22.6 Å². The van der Waals surface area contributed by atoms with Crippen LogP contribution in [0, 0.1) is 5.82 Å². The van der Waals surface area contributed by atoms with E-state index in [-0.39, 0.29) is 18.1 Å². The molecule has 132 valence electrons. The van der Waals surface area contributed by atoms with Crippen molar-refractivity contribution in [3.05, 3.63) is 83.7 Å². The van der Waals surface area contributed by atoms with Crippen molar-refractivity contribution >= 4 is 17.5 Å². The molecule has 0 aliphatic carbocycles. The summed E-state index contributed by atoms with van der Waals surface area (Å²) in [6.07, 6.45) is 0.963. The summed E-state index contributed by atoms with van der Waals surface area (Å²) in [5, 5.41) is 13.9. The van der Waals surface area contributed by atoms with Gasteiger partial charge in [-0.3, -0.25) is 4.79 Å². The Morgan fingerprint density at radius 2 is 1.62 bits per heavy atom. The third-order valence-corrected chi connectivity index (χ3v) is 3.75. The van der Waals surface area contributed by atoms with Crippen LogP contribution in [0.3, 0.4) is 0 Å². The van der Waals surface area contributed by atoms with Crippen molar-refractivity contribution in [1.29, 1.82) is 0 Å². The SMILES string of the molecule is O=C(Cc1cccc(F)c1)Nc1ccc(NCCc2ccccc2)nn1. The Balaban J connectivity index is 1.47. The second kappa shape index (κ2) is 8.71. The number of anilines is 2. The van der Waals surface area contributed by atoms with Gasteiger partial charge < -0.3 is 10.6 Å². The summed E-state index contributed by atoms with van der Waals surface area (Å²) in [6.45, 7) is 0.740. The minimum Gasteiger partial charge on any atom is -0.368 e. The molecule has 5 nitrogen and oxygen atoms in total. The van der Waals surface area contributed by atoms with Gasteiger partial charge >= 0.3 is 0 Å². The third kappa shape index (κ3) is 5.37. The average Bonchev–Trinajstić information content (AvgIpc) is 2.64. The Labute approximate surface area is 151 Å². The number of hydrogen-bond donors (Lipinski definition) is 2. The predicted octanol–water partition coefficient (Wildman–Crippen LogP) is 3.45. The number of hydrogen-bond acceptors (Lipinski definition) is 4. The van der Waals surface area contributed by atoms with E-state index in [1.54, 1.807) is 24.3 Å². The Morgan fingerprint density at radius 3 is 2.35 bits per heavy atom. The van der Waals surface area contributed by atoms with E-state index in [9.17, 15) is 9.18 Å². The molecule has 3 aromatic rings. The van der Waals surface area contributed by atoms with Crippen molar-refractivity contribution in [2.24, 2.45) is 0 Å². The fourth-order valence-corrected chi connectivity index (χ4v) is 2.49. The summed E-state index contributed by atoms with van der Waals surface area (Å²) >= 11 is 0. The fourth-order valence-electron chi connectivity index (χ4n) is 2.49. The molecule has 0 saturated carbocycles. The number of benzene rings is 2.